The third-order valence-corrected chi connectivity index (χ3v) is 4.58. The van der Waals surface area contributed by atoms with E-state index in [0.717, 1.165) is 4.68 Å². The summed E-state index contributed by atoms with van der Waals surface area (Å²) in [5.41, 5.74) is 0.0139. The number of aryl methyl sites for hydroxylation is 1. The molecular formula is C20H16F5N3O2. The molecule has 10 heteroatoms. The van der Waals surface area contributed by atoms with Crippen LogP contribution in [0.1, 0.15) is 27.3 Å². The molecule has 1 heterocycles. The van der Waals surface area contributed by atoms with Crippen molar-refractivity contribution in [3.63, 3.8) is 0 Å². The zero-order valence-corrected chi connectivity index (χ0v) is 16.1. The Balaban J connectivity index is 1.95. The van der Waals surface area contributed by atoms with E-state index in [9.17, 15) is 26.7 Å². The van der Waals surface area contributed by atoms with Crippen molar-refractivity contribution in [3.8, 4) is 5.75 Å². The van der Waals surface area contributed by atoms with Crippen molar-refractivity contribution in [3.05, 3.63) is 75.9 Å². The molecule has 0 saturated carbocycles. The smallest absolute Gasteiger partial charge is 0.259 e. The summed E-state index contributed by atoms with van der Waals surface area (Å²) in [4.78, 5) is 12.6. The van der Waals surface area contributed by atoms with Crippen LogP contribution in [-0.4, -0.2) is 22.8 Å². The third-order valence-electron chi connectivity index (χ3n) is 4.58. The molecule has 0 aliphatic carbocycles. The van der Waals surface area contributed by atoms with Gasteiger partial charge in [0.25, 0.3) is 5.91 Å². The van der Waals surface area contributed by atoms with E-state index in [4.69, 9.17) is 4.74 Å². The van der Waals surface area contributed by atoms with Crippen molar-refractivity contribution < 1.29 is 31.5 Å². The second-order valence-electron chi connectivity index (χ2n) is 6.41. The summed E-state index contributed by atoms with van der Waals surface area (Å²) in [6.07, 6.45) is 0. The van der Waals surface area contributed by atoms with E-state index >= 15 is 0 Å². The highest BCUT2D eigenvalue weighted by Gasteiger charge is 2.27. The van der Waals surface area contributed by atoms with Crippen LogP contribution in [0.5, 0.6) is 5.75 Å². The monoisotopic (exact) mass is 425 g/mol. The molecule has 0 saturated heterocycles. The van der Waals surface area contributed by atoms with Gasteiger partial charge in [0.1, 0.15) is 5.75 Å². The van der Waals surface area contributed by atoms with Crippen molar-refractivity contribution in [2.24, 2.45) is 0 Å². The minimum Gasteiger partial charge on any atom is -0.496 e. The molecule has 1 N–H and O–H groups in total. The van der Waals surface area contributed by atoms with Crippen LogP contribution in [0.2, 0.25) is 0 Å². The predicted molar refractivity (Wildman–Crippen MR) is 98.0 cm³/mol. The van der Waals surface area contributed by atoms with Crippen LogP contribution in [0.25, 0.3) is 0 Å². The number of para-hydroxylation sites is 1. The minimum atomic E-state index is -2.23. The van der Waals surface area contributed by atoms with Gasteiger partial charge in [0.05, 0.1) is 41.9 Å². The van der Waals surface area contributed by atoms with Crippen molar-refractivity contribution >= 4 is 11.6 Å². The summed E-state index contributed by atoms with van der Waals surface area (Å²) in [6, 6.07) is 6.47. The van der Waals surface area contributed by atoms with Gasteiger partial charge >= 0.3 is 0 Å². The lowest BCUT2D eigenvalue weighted by molar-refractivity contribution is 0.102. The Morgan fingerprint density at radius 3 is 2.17 bits per heavy atom. The zero-order valence-electron chi connectivity index (χ0n) is 16.1. The molecule has 158 valence electrons. The Morgan fingerprint density at radius 2 is 1.57 bits per heavy atom. The number of hydrogen-bond donors (Lipinski definition) is 1. The topological polar surface area (TPSA) is 56.1 Å². The van der Waals surface area contributed by atoms with Gasteiger partial charge in [-0.05, 0) is 26.0 Å². The van der Waals surface area contributed by atoms with Gasteiger partial charge in [0, 0.05) is 0 Å². The Bertz CT molecular complexity index is 1110. The molecule has 3 rings (SSSR count). The molecule has 2 aromatic carbocycles. The van der Waals surface area contributed by atoms with Gasteiger partial charge in [0.15, 0.2) is 23.3 Å². The Kier molecular flexibility index (Phi) is 5.77. The van der Waals surface area contributed by atoms with Crippen molar-refractivity contribution in [1.29, 1.82) is 0 Å². The number of halogens is 5. The molecule has 0 aliphatic rings. The van der Waals surface area contributed by atoms with Gasteiger partial charge in [-0.15, -0.1) is 0 Å². The summed E-state index contributed by atoms with van der Waals surface area (Å²) in [6.45, 7) is 2.30. The van der Waals surface area contributed by atoms with E-state index in [0.29, 0.717) is 11.4 Å². The number of methoxy groups -OCH3 is 1. The fraction of sp³-hybridized carbons (Fsp3) is 0.200. The molecule has 0 bridgehead atoms. The number of amides is 1. The van der Waals surface area contributed by atoms with E-state index in [1.165, 1.54) is 27.0 Å². The SMILES string of the molecule is COc1ccccc1C(=O)Nc1c(C)nn(Cc2c(F)c(F)c(F)c(F)c2F)c1C. The first-order chi connectivity index (χ1) is 14.2. The van der Waals surface area contributed by atoms with E-state index in [1.54, 1.807) is 18.2 Å². The van der Waals surface area contributed by atoms with Crippen LogP contribution in [0.15, 0.2) is 24.3 Å². The molecule has 5 nitrogen and oxygen atoms in total. The van der Waals surface area contributed by atoms with Crippen LogP contribution in [0.3, 0.4) is 0 Å². The maximum atomic E-state index is 14.0. The van der Waals surface area contributed by atoms with Gasteiger partial charge in [-0.1, -0.05) is 12.1 Å². The molecule has 0 unspecified atom stereocenters. The second-order valence-corrected chi connectivity index (χ2v) is 6.41. The molecule has 0 atom stereocenters. The summed E-state index contributed by atoms with van der Waals surface area (Å²) in [5.74, 6) is -10.3. The van der Waals surface area contributed by atoms with Gasteiger partial charge in [-0.3, -0.25) is 9.48 Å². The Hall–Kier alpha value is -3.43. The van der Waals surface area contributed by atoms with E-state index < -0.39 is 47.1 Å². The number of benzene rings is 2. The molecule has 1 aromatic heterocycles. The van der Waals surface area contributed by atoms with E-state index in [-0.39, 0.29) is 16.9 Å². The van der Waals surface area contributed by atoms with Gasteiger partial charge in [-0.25, -0.2) is 22.0 Å². The number of anilines is 1. The number of carbonyl (C=O) groups excluding carboxylic acids is 1. The lowest BCUT2D eigenvalue weighted by Crippen LogP contribution is -2.15. The number of carbonyl (C=O) groups is 1. The fourth-order valence-electron chi connectivity index (χ4n) is 2.98. The highest BCUT2D eigenvalue weighted by Crippen LogP contribution is 2.27. The fourth-order valence-corrected chi connectivity index (χ4v) is 2.98. The average molecular weight is 425 g/mol. The first kappa shape index (κ1) is 21.3. The lowest BCUT2D eigenvalue weighted by atomic mass is 10.1. The maximum Gasteiger partial charge on any atom is 0.259 e. The molecule has 1 amide bonds. The first-order valence-corrected chi connectivity index (χ1v) is 8.66. The van der Waals surface area contributed by atoms with Crippen molar-refractivity contribution in [2.45, 2.75) is 20.4 Å². The summed E-state index contributed by atoms with van der Waals surface area (Å²) in [7, 11) is 1.41. The molecule has 3 aromatic rings. The second kappa shape index (κ2) is 8.13. The average Bonchev–Trinajstić information content (AvgIpc) is 3.01. The van der Waals surface area contributed by atoms with Crippen molar-refractivity contribution in [2.75, 3.05) is 12.4 Å². The quantitative estimate of drug-likeness (QED) is 0.372. The number of nitrogens with one attached hydrogen (secondary N) is 1. The summed E-state index contributed by atoms with van der Waals surface area (Å²) >= 11 is 0. The molecule has 0 fully saturated rings. The minimum absolute atomic E-state index is 0.242. The zero-order chi connectivity index (χ0) is 22.2. The van der Waals surface area contributed by atoms with Crippen LogP contribution >= 0.6 is 0 Å². The summed E-state index contributed by atoms with van der Waals surface area (Å²) < 4.78 is 74.3. The van der Waals surface area contributed by atoms with Crippen LogP contribution in [-0.2, 0) is 6.54 Å². The van der Waals surface area contributed by atoms with Crippen molar-refractivity contribution in [1.82, 2.24) is 9.78 Å². The van der Waals surface area contributed by atoms with Crippen LogP contribution in [0.4, 0.5) is 27.6 Å². The third kappa shape index (κ3) is 3.60. The predicted octanol–water partition coefficient (Wildman–Crippen LogP) is 4.50. The number of hydrogen-bond acceptors (Lipinski definition) is 3. The molecule has 0 radical (unpaired) electrons. The highest BCUT2D eigenvalue weighted by atomic mass is 19.2. The number of nitrogens with zero attached hydrogens (tertiary/aromatic N) is 2. The maximum absolute atomic E-state index is 14.0. The first-order valence-electron chi connectivity index (χ1n) is 8.66. The van der Waals surface area contributed by atoms with Gasteiger partial charge in [0.2, 0.25) is 5.82 Å². The van der Waals surface area contributed by atoms with Gasteiger partial charge in [-0.2, -0.15) is 5.10 Å². The van der Waals surface area contributed by atoms with E-state index in [2.05, 4.69) is 10.4 Å². The molecular weight excluding hydrogens is 409 g/mol. The van der Waals surface area contributed by atoms with Crippen LogP contribution < -0.4 is 10.1 Å². The standard InChI is InChI=1S/C20H16F5N3O2/c1-9-19(26-20(29)11-6-4-5-7-13(11)30-3)10(2)28(27-9)8-12-14(21)16(23)18(25)17(24)15(12)22/h4-7H,8H2,1-3H3,(H,26,29). The highest BCUT2D eigenvalue weighted by molar-refractivity contribution is 6.06. The molecule has 30 heavy (non-hydrogen) atoms. The number of aromatic nitrogens is 2. The van der Waals surface area contributed by atoms with Gasteiger partial charge < -0.3 is 10.1 Å². The van der Waals surface area contributed by atoms with E-state index in [1.807, 2.05) is 0 Å². The number of ether oxygens (including phenoxy) is 1. The lowest BCUT2D eigenvalue weighted by Gasteiger charge is -2.11. The molecule has 0 spiro atoms. The Labute approximate surface area is 168 Å². The largest absolute Gasteiger partial charge is 0.496 e. The summed E-state index contributed by atoms with van der Waals surface area (Å²) in [5, 5.41) is 6.70. The normalized spacial score (nSPS) is 10.9. The van der Waals surface area contributed by atoms with Crippen LogP contribution in [0, 0.1) is 42.9 Å². The molecule has 0 aliphatic heterocycles. The Morgan fingerprint density at radius 1 is 1.00 bits per heavy atom. The number of rotatable bonds is 5.